The van der Waals surface area contributed by atoms with Crippen LogP contribution >= 0.6 is 11.6 Å². The van der Waals surface area contributed by atoms with Crippen LogP contribution in [0.15, 0.2) is 24.3 Å². The molecule has 1 aliphatic heterocycles. The third-order valence-corrected chi connectivity index (χ3v) is 4.19. The molecule has 146 valence electrons. The van der Waals surface area contributed by atoms with Gasteiger partial charge >= 0.3 is 0 Å². The SMILES string of the molecule is CC(C)Oc1cc(-c2c(F)cc(C#N)cc2C(=O)N2CC(F)(F)C2)cc(Cl)n1. The molecule has 0 spiro atoms. The van der Waals surface area contributed by atoms with Crippen molar-refractivity contribution in [1.82, 2.24) is 9.88 Å². The summed E-state index contributed by atoms with van der Waals surface area (Å²) in [6, 6.07) is 6.64. The third kappa shape index (κ3) is 4.04. The van der Waals surface area contributed by atoms with Gasteiger partial charge in [-0.05, 0) is 37.6 Å². The van der Waals surface area contributed by atoms with Crippen LogP contribution in [0.25, 0.3) is 11.1 Å². The summed E-state index contributed by atoms with van der Waals surface area (Å²) in [5, 5.41) is 9.10. The molecule has 1 aliphatic rings. The van der Waals surface area contributed by atoms with Gasteiger partial charge in [-0.2, -0.15) is 5.26 Å². The highest BCUT2D eigenvalue weighted by molar-refractivity contribution is 6.29. The summed E-state index contributed by atoms with van der Waals surface area (Å²) < 4.78 is 46.7. The monoisotopic (exact) mass is 409 g/mol. The quantitative estimate of drug-likeness (QED) is 0.706. The molecule has 1 fully saturated rings. The molecule has 3 rings (SSSR count). The zero-order valence-electron chi connectivity index (χ0n) is 15.0. The van der Waals surface area contributed by atoms with Gasteiger partial charge < -0.3 is 9.64 Å². The number of nitrogens with zero attached hydrogens (tertiary/aromatic N) is 3. The summed E-state index contributed by atoms with van der Waals surface area (Å²) in [6.45, 7) is 2.01. The van der Waals surface area contributed by atoms with Crippen LogP contribution in [0, 0.1) is 17.1 Å². The van der Waals surface area contributed by atoms with E-state index in [9.17, 15) is 18.0 Å². The van der Waals surface area contributed by atoms with Crippen LogP contribution < -0.4 is 4.74 Å². The fraction of sp³-hybridized carbons (Fsp3) is 0.316. The lowest BCUT2D eigenvalue weighted by Gasteiger charge is -2.39. The van der Waals surface area contributed by atoms with E-state index in [0.29, 0.717) is 0 Å². The van der Waals surface area contributed by atoms with E-state index in [4.69, 9.17) is 21.6 Å². The van der Waals surface area contributed by atoms with Gasteiger partial charge in [0, 0.05) is 11.6 Å². The fourth-order valence-electron chi connectivity index (χ4n) is 2.88. The average Bonchev–Trinajstić information content (AvgIpc) is 2.56. The first kappa shape index (κ1) is 20.0. The summed E-state index contributed by atoms with van der Waals surface area (Å²) in [4.78, 5) is 17.6. The molecule has 1 aromatic heterocycles. The molecular weight excluding hydrogens is 395 g/mol. The van der Waals surface area contributed by atoms with Crippen LogP contribution in [0.3, 0.4) is 0 Å². The summed E-state index contributed by atoms with van der Waals surface area (Å²) in [5.74, 6) is -4.50. The number of alkyl halides is 2. The minimum Gasteiger partial charge on any atom is -0.475 e. The summed E-state index contributed by atoms with van der Waals surface area (Å²) in [7, 11) is 0. The molecular formula is C19H15ClF3N3O2. The van der Waals surface area contributed by atoms with Crippen molar-refractivity contribution in [3.8, 4) is 23.1 Å². The van der Waals surface area contributed by atoms with Crippen molar-refractivity contribution in [2.45, 2.75) is 25.9 Å². The topological polar surface area (TPSA) is 66.2 Å². The Morgan fingerprint density at radius 1 is 1.32 bits per heavy atom. The number of likely N-dealkylation sites (tertiary alicyclic amines) is 1. The zero-order chi connectivity index (χ0) is 20.6. The Morgan fingerprint density at radius 3 is 2.57 bits per heavy atom. The molecule has 0 bridgehead atoms. The number of hydrogen-bond donors (Lipinski definition) is 0. The molecule has 1 aromatic carbocycles. The van der Waals surface area contributed by atoms with E-state index in [1.807, 2.05) is 0 Å². The number of pyridine rings is 1. The largest absolute Gasteiger partial charge is 0.475 e. The summed E-state index contributed by atoms with van der Waals surface area (Å²) in [6.07, 6.45) is -0.228. The second-order valence-corrected chi connectivity index (χ2v) is 7.08. The number of aromatic nitrogens is 1. The van der Waals surface area contributed by atoms with Gasteiger partial charge in [0.05, 0.1) is 36.4 Å². The second kappa shape index (κ2) is 7.32. The lowest BCUT2D eigenvalue weighted by atomic mass is 9.95. The van der Waals surface area contributed by atoms with E-state index in [0.717, 1.165) is 11.0 Å². The van der Waals surface area contributed by atoms with Gasteiger partial charge in [-0.25, -0.2) is 18.2 Å². The minimum absolute atomic E-state index is 0.00536. The Kier molecular flexibility index (Phi) is 5.22. The summed E-state index contributed by atoms with van der Waals surface area (Å²) >= 11 is 6.00. The van der Waals surface area contributed by atoms with Gasteiger partial charge in [0.1, 0.15) is 11.0 Å². The van der Waals surface area contributed by atoms with Crippen LogP contribution in [-0.4, -0.2) is 40.9 Å². The highest BCUT2D eigenvalue weighted by Crippen LogP contribution is 2.35. The number of carbonyl (C=O) groups is 1. The number of rotatable bonds is 4. The normalized spacial score (nSPS) is 15.1. The molecule has 1 saturated heterocycles. The fourth-order valence-corrected chi connectivity index (χ4v) is 3.08. The average molecular weight is 410 g/mol. The number of benzene rings is 1. The Hall–Kier alpha value is -2.79. The van der Waals surface area contributed by atoms with Crippen molar-refractivity contribution in [3.05, 3.63) is 46.4 Å². The van der Waals surface area contributed by atoms with Crippen molar-refractivity contribution >= 4 is 17.5 Å². The first-order valence-corrected chi connectivity index (χ1v) is 8.73. The van der Waals surface area contributed by atoms with E-state index in [2.05, 4.69) is 4.98 Å². The zero-order valence-corrected chi connectivity index (χ0v) is 15.7. The molecule has 0 unspecified atom stereocenters. The van der Waals surface area contributed by atoms with E-state index in [1.54, 1.807) is 19.9 Å². The van der Waals surface area contributed by atoms with Crippen LogP contribution in [-0.2, 0) is 0 Å². The third-order valence-electron chi connectivity index (χ3n) is 4.00. The number of hydrogen-bond acceptors (Lipinski definition) is 4. The molecule has 5 nitrogen and oxygen atoms in total. The van der Waals surface area contributed by atoms with Crippen molar-refractivity contribution in [2.24, 2.45) is 0 Å². The Bertz CT molecular complexity index is 981. The summed E-state index contributed by atoms with van der Waals surface area (Å²) in [5.41, 5.74) is -0.272. The number of ether oxygens (including phenoxy) is 1. The van der Waals surface area contributed by atoms with Crippen molar-refractivity contribution in [3.63, 3.8) is 0 Å². The maximum atomic E-state index is 14.8. The van der Waals surface area contributed by atoms with E-state index in [-0.39, 0.29) is 39.4 Å². The lowest BCUT2D eigenvalue weighted by Crippen LogP contribution is -2.58. The molecule has 2 heterocycles. The van der Waals surface area contributed by atoms with Gasteiger partial charge in [-0.15, -0.1) is 0 Å². The van der Waals surface area contributed by atoms with Crippen LogP contribution in [0.5, 0.6) is 5.88 Å². The molecule has 2 aromatic rings. The van der Waals surface area contributed by atoms with Crippen LogP contribution in [0.4, 0.5) is 13.2 Å². The van der Waals surface area contributed by atoms with E-state index in [1.165, 1.54) is 18.2 Å². The van der Waals surface area contributed by atoms with Gasteiger partial charge in [-0.1, -0.05) is 11.6 Å². The van der Waals surface area contributed by atoms with E-state index >= 15 is 0 Å². The molecule has 0 saturated carbocycles. The Balaban J connectivity index is 2.12. The van der Waals surface area contributed by atoms with Crippen LogP contribution in [0.1, 0.15) is 29.8 Å². The maximum Gasteiger partial charge on any atom is 0.282 e. The first-order chi connectivity index (χ1) is 13.1. The van der Waals surface area contributed by atoms with Gasteiger partial charge in [0.25, 0.3) is 11.8 Å². The number of halogens is 4. The molecule has 9 heteroatoms. The van der Waals surface area contributed by atoms with E-state index < -0.39 is 30.7 Å². The molecule has 0 N–H and O–H groups in total. The van der Waals surface area contributed by atoms with Crippen LogP contribution in [0.2, 0.25) is 5.15 Å². The molecule has 1 amide bonds. The highest BCUT2D eigenvalue weighted by atomic mass is 35.5. The lowest BCUT2D eigenvalue weighted by molar-refractivity contribution is -0.113. The van der Waals surface area contributed by atoms with Crippen molar-refractivity contribution in [2.75, 3.05) is 13.1 Å². The maximum absolute atomic E-state index is 14.8. The smallest absolute Gasteiger partial charge is 0.282 e. The van der Waals surface area contributed by atoms with Gasteiger partial charge in [0.2, 0.25) is 5.88 Å². The van der Waals surface area contributed by atoms with Gasteiger partial charge in [-0.3, -0.25) is 4.79 Å². The minimum atomic E-state index is -2.97. The Labute approximate surface area is 164 Å². The Morgan fingerprint density at radius 2 is 2.00 bits per heavy atom. The molecule has 0 atom stereocenters. The number of nitriles is 1. The molecule has 28 heavy (non-hydrogen) atoms. The predicted molar refractivity (Wildman–Crippen MR) is 96.0 cm³/mol. The second-order valence-electron chi connectivity index (χ2n) is 6.69. The molecule has 0 radical (unpaired) electrons. The van der Waals surface area contributed by atoms with Crippen molar-refractivity contribution in [1.29, 1.82) is 5.26 Å². The predicted octanol–water partition coefficient (Wildman–Crippen LogP) is 4.29. The van der Waals surface area contributed by atoms with Gasteiger partial charge in [0.15, 0.2) is 0 Å². The molecule has 0 aliphatic carbocycles. The standard InChI is InChI=1S/C19H15ClF3N3O2/c1-10(2)28-16-6-12(5-15(20)25-16)17-13(3-11(7-24)4-14(17)21)18(27)26-8-19(22,23)9-26/h3-6,10H,8-9H2,1-2H3. The van der Waals surface area contributed by atoms with Crippen molar-refractivity contribution < 1.29 is 22.7 Å². The highest BCUT2D eigenvalue weighted by Gasteiger charge is 2.47. The first-order valence-electron chi connectivity index (χ1n) is 8.35. The number of carbonyl (C=O) groups excluding carboxylic acids is 1. The number of amides is 1.